The molecule has 0 radical (unpaired) electrons. The Bertz CT molecular complexity index is 332. The summed E-state index contributed by atoms with van der Waals surface area (Å²) in [5.74, 6) is -1.20. The molecule has 1 N–H and O–H groups in total. The summed E-state index contributed by atoms with van der Waals surface area (Å²) in [6.07, 6.45) is 6.72. The van der Waals surface area contributed by atoms with E-state index in [0.29, 0.717) is 0 Å². The van der Waals surface area contributed by atoms with Crippen molar-refractivity contribution in [2.45, 2.75) is 5.60 Å². The van der Waals surface area contributed by atoms with Crippen molar-refractivity contribution >= 4 is 11.8 Å². The van der Waals surface area contributed by atoms with E-state index in [4.69, 9.17) is 4.74 Å². The molecule has 1 heterocycles. The number of hydrogen-bond donors (Lipinski definition) is 1. The van der Waals surface area contributed by atoms with Crippen LogP contribution in [0.1, 0.15) is 0 Å². The summed E-state index contributed by atoms with van der Waals surface area (Å²) in [7, 11) is 1.43. The number of hydrogen-bond acceptors (Lipinski definition) is 3. The van der Waals surface area contributed by atoms with Crippen LogP contribution in [0.15, 0.2) is 24.3 Å². The van der Waals surface area contributed by atoms with Crippen molar-refractivity contribution in [3.8, 4) is 0 Å². The minimum atomic E-state index is -1.11. The van der Waals surface area contributed by atoms with E-state index in [2.05, 4.69) is 5.32 Å². The second-order valence-corrected chi connectivity index (χ2v) is 3.04. The lowest BCUT2D eigenvalue weighted by Gasteiger charge is -2.26. The van der Waals surface area contributed by atoms with Crippen LogP contribution in [-0.2, 0) is 14.3 Å². The quantitative estimate of drug-likeness (QED) is 0.566. The predicted octanol–water partition coefficient (Wildman–Crippen LogP) is -0.230. The number of rotatable bonds is 1. The first kappa shape index (κ1) is 8.19. The molecule has 4 heteroatoms. The molecular formula is C9H9NO3. The topological polar surface area (TPSA) is 55.4 Å². The van der Waals surface area contributed by atoms with E-state index < -0.39 is 11.5 Å². The molecule has 0 aromatic heterocycles. The Morgan fingerprint density at radius 2 is 2.23 bits per heavy atom. The molecule has 1 fully saturated rings. The maximum absolute atomic E-state index is 11.4. The number of fused-ring (bicyclic) bond motifs is 1. The van der Waals surface area contributed by atoms with Crippen LogP contribution < -0.4 is 5.32 Å². The third kappa shape index (κ3) is 0.890. The Balaban J connectivity index is 2.49. The van der Waals surface area contributed by atoms with Gasteiger partial charge in [0, 0.05) is 7.11 Å². The van der Waals surface area contributed by atoms with Gasteiger partial charge in [-0.05, 0) is 6.08 Å². The molecule has 13 heavy (non-hydrogen) atoms. The van der Waals surface area contributed by atoms with E-state index >= 15 is 0 Å². The number of ether oxygens (including phenoxy) is 1. The predicted molar refractivity (Wildman–Crippen MR) is 44.7 cm³/mol. The second kappa shape index (κ2) is 2.53. The number of carbonyl (C=O) groups is 2. The molecular weight excluding hydrogens is 170 g/mol. The summed E-state index contributed by atoms with van der Waals surface area (Å²) in [5, 5.41) is 2.25. The van der Waals surface area contributed by atoms with Crippen LogP contribution in [0.25, 0.3) is 0 Å². The number of amides is 2. The molecule has 2 amide bonds. The third-order valence-corrected chi connectivity index (χ3v) is 2.43. The van der Waals surface area contributed by atoms with Gasteiger partial charge in [-0.2, -0.15) is 0 Å². The Morgan fingerprint density at radius 1 is 1.46 bits per heavy atom. The smallest absolute Gasteiger partial charge is 0.264 e. The zero-order valence-electron chi connectivity index (χ0n) is 7.11. The zero-order valence-corrected chi connectivity index (χ0v) is 7.11. The van der Waals surface area contributed by atoms with Gasteiger partial charge < -0.3 is 4.74 Å². The molecule has 1 aliphatic heterocycles. The minimum absolute atomic E-state index is 0.299. The average molecular weight is 179 g/mol. The van der Waals surface area contributed by atoms with Crippen molar-refractivity contribution in [3.05, 3.63) is 24.3 Å². The summed E-state index contributed by atoms with van der Waals surface area (Å²) in [4.78, 5) is 22.7. The van der Waals surface area contributed by atoms with Gasteiger partial charge in [-0.15, -0.1) is 0 Å². The molecule has 0 saturated carbocycles. The molecule has 2 atom stereocenters. The lowest BCUT2D eigenvalue weighted by atomic mass is 9.86. The molecule has 0 aromatic carbocycles. The monoisotopic (exact) mass is 179 g/mol. The molecule has 4 nitrogen and oxygen atoms in total. The maximum Gasteiger partial charge on any atom is 0.264 e. The van der Waals surface area contributed by atoms with Crippen molar-refractivity contribution in [3.63, 3.8) is 0 Å². The van der Waals surface area contributed by atoms with E-state index in [-0.39, 0.29) is 11.8 Å². The van der Waals surface area contributed by atoms with Gasteiger partial charge in [0.2, 0.25) is 5.91 Å². The highest BCUT2D eigenvalue weighted by Gasteiger charge is 2.53. The first-order chi connectivity index (χ1) is 6.20. The van der Waals surface area contributed by atoms with E-state index in [9.17, 15) is 9.59 Å². The van der Waals surface area contributed by atoms with Gasteiger partial charge in [-0.1, -0.05) is 18.2 Å². The van der Waals surface area contributed by atoms with Crippen LogP contribution in [0.5, 0.6) is 0 Å². The standard InChI is InChI=1S/C9H9NO3/c1-13-9-5-3-2-4-6(9)7(11)10-8(9)12/h2-6H,1H3,(H,10,11,12). The molecule has 2 aliphatic rings. The first-order valence-corrected chi connectivity index (χ1v) is 3.97. The number of nitrogens with one attached hydrogen (secondary N) is 1. The van der Waals surface area contributed by atoms with Crippen LogP contribution >= 0.6 is 0 Å². The highest BCUT2D eigenvalue weighted by molar-refractivity contribution is 6.11. The third-order valence-electron chi connectivity index (χ3n) is 2.43. The highest BCUT2D eigenvalue weighted by atomic mass is 16.5. The summed E-state index contributed by atoms with van der Waals surface area (Å²) in [5.41, 5.74) is -1.11. The molecule has 0 aromatic rings. The average Bonchev–Trinajstić information content (AvgIpc) is 2.41. The Kier molecular flexibility index (Phi) is 1.60. The number of imide groups is 1. The summed E-state index contributed by atoms with van der Waals surface area (Å²) in [6.45, 7) is 0. The second-order valence-electron chi connectivity index (χ2n) is 3.04. The van der Waals surface area contributed by atoms with E-state index in [1.165, 1.54) is 7.11 Å². The van der Waals surface area contributed by atoms with Crippen LogP contribution in [0.2, 0.25) is 0 Å². The van der Waals surface area contributed by atoms with E-state index in [0.717, 1.165) is 0 Å². The normalized spacial score (nSPS) is 36.2. The summed E-state index contributed by atoms with van der Waals surface area (Å²) < 4.78 is 5.11. The van der Waals surface area contributed by atoms with E-state index in [1.54, 1.807) is 24.3 Å². The van der Waals surface area contributed by atoms with Crippen molar-refractivity contribution in [1.29, 1.82) is 0 Å². The molecule has 0 spiro atoms. The Morgan fingerprint density at radius 3 is 2.85 bits per heavy atom. The van der Waals surface area contributed by atoms with Gasteiger partial charge in [-0.25, -0.2) is 0 Å². The van der Waals surface area contributed by atoms with Crippen LogP contribution in [-0.4, -0.2) is 24.5 Å². The van der Waals surface area contributed by atoms with Crippen LogP contribution in [0.3, 0.4) is 0 Å². The number of allylic oxidation sites excluding steroid dienone is 2. The summed E-state index contributed by atoms with van der Waals surface area (Å²) in [6, 6.07) is 0. The fourth-order valence-corrected chi connectivity index (χ4v) is 1.69. The van der Waals surface area contributed by atoms with Crippen molar-refractivity contribution in [1.82, 2.24) is 5.32 Å². The number of carbonyl (C=O) groups excluding carboxylic acids is 2. The van der Waals surface area contributed by atoms with Crippen molar-refractivity contribution < 1.29 is 14.3 Å². The SMILES string of the molecule is COC12C=CC=CC1C(=O)NC2=O. The maximum atomic E-state index is 11.4. The molecule has 1 saturated heterocycles. The zero-order chi connectivity index (χ0) is 9.47. The first-order valence-electron chi connectivity index (χ1n) is 3.97. The Hall–Kier alpha value is -1.42. The molecule has 2 rings (SSSR count). The fraction of sp³-hybridized carbons (Fsp3) is 0.333. The Labute approximate surface area is 75.3 Å². The highest BCUT2D eigenvalue weighted by Crippen LogP contribution is 2.32. The number of methoxy groups -OCH3 is 1. The van der Waals surface area contributed by atoms with Gasteiger partial charge in [0.15, 0.2) is 5.60 Å². The van der Waals surface area contributed by atoms with Crippen LogP contribution in [0, 0.1) is 5.92 Å². The molecule has 0 bridgehead atoms. The van der Waals surface area contributed by atoms with Crippen molar-refractivity contribution in [2.75, 3.05) is 7.11 Å². The van der Waals surface area contributed by atoms with Gasteiger partial charge >= 0.3 is 0 Å². The van der Waals surface area contributed by atoms with Crippen LogP contribution in [0.4, 0.5) is 0 Å². The lowest BCUT2D eigenvalue weighted by molar-refractivity contribution is -0.135. The van der Waals surface area contributed by atoms with Crippen molar-refractivity contribution in [2.24, 2.45) is 5.92 Å². The molecule has 1 aliphatic carbocycles. The minimum Gasteiger partial charge on any atom is -0.363 e. The largest absolute Gasteiger partial charge is 0.363 e. The van der Waals surface area contributed by atoms with Gasteiger partial charge in [-0.3, -0.25) is 14.9 Å². The molecule has 2 unspecified atom stereocenters. The van der Waals surface area contributed by atoms with Gasteiger partial charge in [0.25, 0.3) is 5.91 Å². The lowest BCUT2D eigenvalue weighted by Crippen LogP contribution is -2.42. The fourth-order valence-electron chi connectivity index (χ4n) is 1.69. The van der Waals surface area contributed by atoms with E-state index in [1.807, 2.05) is 0 Å². The van der Waals surface area contributed by atoms with Gasteiger partial charge in [0.1, 0.15) is 0 Å². The summed E-state index contributed by atoms with van der Waals surface area (Å²) >= 11 is 0. The van der Waals surface area contributed by atoms with Gasteiger partial charge in [0.05, 0.1) is 5.92 Å². The molecule has 68 valence electrons.